The molecule has 3 heteroatoms. The topological polar surface area (TPSA) is 46.2 Å². The lowest BCUT2D eigenvalue weighted by atomic mass is 9.81. The molecule has 1 aromatic rings. The number of nitrogens with two attached hydrogens (primary N) is 1. The van der Waals surface area contributed by atoms with Crippen LogP contribution in [0, 0.1) is 0 Å². The number of aromatic hydroxyl groups is 1. The maximum Gasteiger partial charge on any atom is 0.120 e. The van der Waals surface area contributed by atoms with Crippen LogP contribution < -0.4 is 5.73 Å². The lowest BCUT2D eigenvalue weighted by Crippen LogP contribution is -2.16. The van der Waals surface area contributed by atoms with Gasteiger partial charge in [-0.3, -0.25) is 0 Å². The number of rotatable bonds is 3. The molecule has 2 nitrogen and oxygen atoms in total. The Morgan fingerprint density at radius 1 is 1.33 bits per heavy atom. The van der Waals surface area contributed by atoms with Gasteiger partial charge >= 0.3 is 0 Å². The van der Waals surface area contributed by atoms with Gasteiger partial charge in [-0.25, -0.2) is 0 Å². The predicted molar refractivity (Wildman–Crippen MR) is 66.6 cm³/mol. The average Bonchev–Trinajstić information content (AvgIpc) is 2.18. The molecule has 0 amide bonds. The summed E-state index contributed by atoms with van der Waals surface area (Å²) in [5.41, 5.74) is 7.75. The highest BCUT2D eigenvalue weighted by atomic mass is 35.5. The Hall–Kier alpha value is -0.730. The van der Waals surface area contributed by atoms with Gasteiger partial charge in [0.2, 0.25) is 0 Å². The molecule has 0 heterocycles. The van der Waals surface area contributed by atoms with Crippen LogP contribution >= 0.6 is 12.4 Å². The lowest BCUT2D eigenvalue weighted by molar-refractivity contribution is 0.464. The van der Waals surface area contributed by atoms with E-state index in [4.69, 9.17) is 5.73 Å². The minimum atomic E-state index is 0. The first-order chi connectivity index (χ1) is 6.51. The van der Waals surface area contributed by atoms with Crippen molar-refractivity contribution < 1.29 is 5.11 Å². The molecule has 1 rings (SSSR count). The summed E-state index contributed by atoms with van der Waals surface area (Å²) in [5, 5.41) is 9.49. The summed E-state index contributed by atoms with van der Waals surface area (Å²) in [6.45, 7) is 6.94. The van der Waals surface area contributed by atoms with Gasteiger partial charge in [0.1, 0.15) is 5.75 Å². The third kappa shape index (κ3) is 3.11. The highest BCUT2D eigenvalue weighted by Gasteiger charge is 2.18. The van der Waals surface area contributed by atoms with Gasteiger partial charge in [-0.15, -0.1) is 12.4 Å². The zero-order valence-corrected chi connectivity index (χ0v) is 10.4. The molecule has 0 aromatic heterocycles. The van der Waals surface area contributed by atoms with Crippen LogP contribution in [0.2, 0.25) is 0 Å². The summed E-state index contributed by atoms with van der Waals surface area (Å²) in [7, 11) is 0. The summed E-state index contributed by atoms with van der Waals surface area (Å²) in [6.07, 6.45) is 1.07. The second-order valence-electron chi connectivity index (χ2n) is 4.29. The standard InChI is InChI=1S/C12H19NO.ClH/c1-4-12(2,3)10-5-6-11(14)9(7-10)8-13;/h5-7,14H,4,8,13H2,1-3H3;1H. The third-order valence-corrected chi connectivity index (χ3v) is 2.96. The normalized spacial score (nSPS) is 10.9. The van der Waals surface area contributed by atoms with Crippen molar-refractivity contribution >= 4 is 12.4 Å². The van der Waals surface area contributed by atoms with Crippen molar-refractivity contribution in [3.05, 3.63) is 29.3 Å². The average molecular weight is 230 g/mol. The second kappa shape index (κ2) is 5.38. The maximum atomic E-state index is 9.49. The Balaban J connectivity index is 0.00000196. The zero-order chi connectivity index (χ0) is 10.8. The molecule has 0 radical (unpaired) electrons. The van der Waals surface area contributed by atoms with E-state index in [1.165, 1.54) is 5.56 Å². The van der Waals surface area contributed by atoms with E-state index >= 15 is 0 Å². The smallest absolute Gasteiger partial charge is 0.120 e. The van der Waals surface area contributed by atoms with Crippen molar-refractivity contribution in [1.82, 2.24) is 0 Å². The van der Waals surface area contributed by atoms with Gasteiger partial charge < -0.3 is 10.8 Å². The van der Waals surface area contributed by atoms with E-state index in [0.717, 1.165) is 12.0 Å². The van der Waals surface area contributed by atoms with Crippen molar-refractivity contribution in [2.75, 3.05) is 0 Å². The van der Waals surface area contributed by atoms with Crippen LogP contribution in [0.5, 0.6) is 5.75 Å². The van der Waals surface area contributed by atoms with Gasteiger partial charge in [0.05, 0.1) is 0 Å². The molecule has 1 aromatic carbocycles. The molecule has 0 spiro atoms. The Labute approximate surface area is 97.9 Å². The van der Waals surface area contributed by atoms with Crippen molar-refractivity contribution in [2.45, 2.75) is 39.2 Å². The molecular formula is C12H20ClNO. The molecule has 15 heavy (non-hydrogen) atoms. The lowest BCUT2D eigenvalue weighted by Gasteiger charge is -2.24. The van der Waals surface area contributed by atoms with E-state index < -0.39 is 0 Å². The number of halogens is 1. The molecule has 0 aliphatic rings. The Kier molecular flexibility index (Phi) is 5.12. The highest BCUT2D eigenvalue weighted by molar-refractivity contribution is 5.85. The van der Waals surface area contributed by atoms with Crippen LogP contribution in [0.3, 0.4) is 0 Å². The first kappa shape index (κ1) is 14.3. The minimum Gasteiger partial charge on any atom is -0.508 e. The first-order valence-corrected chi connectivity index (χ1v) is 5.03. The molecule has 0 bridgehead atoms. The number of phenolic OH excluding ortho intramolecular Hbond substituents is 1. The fraction of sp³-hybridized carbons (Fsp3) is 0.500. The van der Waals surface area contributed by atoms with Crippen molar-refractivity contribution in [2.24, 2.45) is 5.73 Å². The number of benzene rings is 1. The minimum absolute atomic E-state index is 0. The third-order valence-electron chi connectivity index (χ3n) is 2.96. The fourth-order valence-electron chi connectivity index (χ4n) is 1.37. The van der Waals surface area contributed by atoms with Crippen LogP contribution in [-0.2, 0) is 12.0 Å². The molecule has 0 aliphatic carbocycles. The van der Waals surface area contributed by atoms with Crippen LogP contribution in [0.15, 0.2) is 18.2 Å². The zero-order valence-electron chi connectivity index (χ0n) is 9.58. The van der Waals surface area contributed by atoms with Gasteiger partial charge in [-0.2, -0.15) is 0 Å². The Morgan fingerprint density at radius 3 is 2.40 bits per heavy atom. The van der Waals surface area contributed by atoms with E-state index in [2.05, 4.69) is 20.8 Å². The molecular weight excluding hydrogens is 210 g/mol. The molecule has 0 fully saturated rings. The summed E-state index contributed by atoms with van der Waals surface area (Å²) >= 11 is 0. The van der Waals surface area contributed by atoms with Gasteiger partial charge in [0.15, 0.2) is 0 Å². The summed E-state index contributed by atoms with van der Waals surface area (Å²) in [4.78, 5) is 0. The fourth-order valence-corrected chi connectivity index (χ4v) is 1.37. The highest BCUT2D eigenvalue weighted by Crippen LogP contribution is 2.29. The van der Waals surface area contributed by atoms with Crippen LogP contribution in [-0.4, -0.2) is 5.11 Å². The van der Waals surface area contributed by atoms with Crippen LogP contribution in [0.1, 0.15) is 38.3 Å². The Morgan fingerprint density at radius 2 is 1.93 bits per heavy atom. The SMILES string of the molecule is CCC(C)(C)c1ccc(O)c(CN)c1.Cl. The second-order valence-corrected chi connectivity index (χ2v) is 4.29. The summed E-state index contributed by atoms with van der Waals surface area (Å²) in [6, 6.07) is 5.70. The summed E-state index contributed by atoms with van der Waals surface area (Å²) < 4.78 is 0. The van der Waals surface area contributed by atoms with E-state index in [1.807, 2.05) is 12.1 Å². The molecule has 0 atom stereocenters. The van der Waals surface area contributed by atoms with Crippen molar-refractivity contribution in [3.63, 3.8) is 0 Å². The number of hydrogen-bond donors (Lipinski definition) is 2. The van der Waals surface area contributed by atoms with Crippen molar-refractivity contribution in [3.8, 4) is 5.75 Å². The molecule has 0 aliphatic heterocycles. The summed E-state index contributed by atoms with van der Waals surface area (Å²) in [5.74, 6) is 0.295. The molecule has 0 saturated carbocycles. The van der Waals surface area contributed by atoms with Gasteiger partial charge in [-0.05, 0) is 23.5 Å². The van der Waals surface area contributed by atoms with E-state index in [-0.39, 0.29) is 17.8 Å². The number of phenols is 1. The first-order valence-electron chi connectivity index (χ1n) is 5.03. The molecule has 0 unspecified atom stereocenters. The van der Waals surface area contributed by atoms with Gasteiger partial charge in [-0.1, -0.05) is 32.9 Å². The monoisotopic (exact) mass is 229 g/mol. The quantitative estimate of drug-likeness (QED) is 0.837. The largest absolute Gasteiger partial charge is 0.508 e. The van der Waals surface area contributed by atoms with Gasteiger partial charge in [0.25, 0.3) is 0 Å². The number of hydrogen-bond acceptors (Lipinski definition) is 2. The molecule has 0 saturated heterocycles. The van der Waals surface area contributed by atoms with E-state index in [9.17, 15) is 5.11 Å². The predicted octanol–water partition coefficient (Wildman–Crippen LogP) is 2.96. The van der Waals surface area contributed by atoms with Gasteiger partial charge in [0, 0.05) is 12.1 Å². The van der Waals surface area contributed by atoms with E-state index in [1.54, 1.807) is 6.07 Å². The molecule has 3 N–H and O–H groups in total. The Bertz CT molecular complexity index is 323. The van der Waals surface area contributed by atoms with Crippen LogP contribution in [0.4, 0.5) is 0 Å². The van der Waals surface area contributed by atoms with Crippen LogP contribution in [0.25, 0.3) is 0 Å². The van der Waals surface area contributed by atoms with Crippen molar-refractivity contribution in [1.29, 1.82) is 0 Å². The maximum absolute atomic E-state index is 9.49. The molecule has 86 valence electrons. The van der Waals surface area contributed by atoms with E-state index in [0.29, 0.717) is 12.3 Å².